The van der Waals surface area contributed by atoms with E-state index in [1.165, 1.54) is 0 Å². The van der Waals surface area contributed by atoms with Gasteiger partial charge >= 0.3 is 0 Å². The monoisotopic (exact) mass is 264 g/mol. The van der Waals surface area contributed by atoms with Gasteiger partial charge in [-0.15, -0.1) is 0 Å². The largest absolute Gasteiger partial charge is 0.334 e. The van der Waals surface area contributed by atoms with Crippen molar-refractivity contribution < 1.29 is 4.79 Å². The average Bonchev–Trinajstić information content (AvgIpc) is 3.04. The van der Waals surface area contributed by atoms with Crippen molar-refractivity contribution in [3.05, 3.63) is 17.5 Å². The minimum absolute atomic E-state index is 0.139. The molecule has 1 aliphatic heterocycles. The molecular formula is C14H24N4O. The SMILES string of the molecule is CCCN(C(=O)c1cn(C)nc1CC)C1CCNC1. The van der Waals surface area contributed by atoms with Crippen LogP contribution in [0, 0.1) is 0 Å². The Balaban J connectivity index is 2.22. The summed E-state index contributed by atoms with van der Waals surface area (Å²) in [7, 11) is 1.87. The van der Waals surface area contributed by atoms with Crippen molar-refractivity contribution in [1.29, 1.82) is 0 Å². The van der Waals surface area contributed by atoms with Crippen LogP contribution in [0.2, 0.25) is 0 Å². The van der Waals surface area contributed by atoms with Crippen molar-refractivity contribution in [2.24, 2.45) is 7.05 Å². The first-order chi connectivity index (χ1) is 9.17. The van der Waals surface area contributed by atoms with Crippen molar-refractivity contribution >= 4 is 5.91 Å². The second-order valence-electron chi connectivity index (χ2n) is 5.16. The van der Waals surface area contributed by atoms with E-state index in [0.717, 1.165) is 50.2 Å². The molecule has 1 saturated heterocycles. The Kier molecular flexibility index (Phi) is 4.58. The van der Waals surface area contributed by atoms with E-state index in [9.17, 15) is 4.79 Å². The van der Waals surface area contributed by atoms with Gasteiger partial charge in [-0.05, 0) is 25.8 Å². The summed E-state index contributed by atoms with van der Waals surface area (Å²) in [5.74, 6) is 0.139. The maximum absolute atomic E-state index is 12.8. The van der Waals surface area contributed by atoms with E-state index in [1.54, 1.807) is 4.68 Å². The van der Waals surface area contributed by atoms with Gasteiger partial charge in [0.2, 0.25) is 0 Å². The van der Waals surface area contributed by atoms with E-state index in [4.69, 9.17) is 0 Å². The number of rotatable bonds is 5. The Hall–Kier alpha value is -1.36. The summed E-state index contributed by atoms with van der Waals surface area (Å²) < 4.78 is 1.74. The number of carbonyl (C=O) groups excluding carboxylic acids is 1. The molecule has 19 heavy (non-hydrogen) atoms. The second kappa shape index (κ2) is 6.19. The summed E-state index contributed by atoms with van der Waals surface area (Å²) in [5, 5.41) is 7.71. The van der Waals surface area contributed by atoms with Crippen LogP contribution in [0.25, 0.3) is 0 Å². The fourth-order valence-corrected chi connectivity index (χ4v) is 2.73. The van der Waals surface area contributed by atoms with E-state index in [0.29, 0.717) is 6.04 Å². The summed E-state index contributed by atoms with van der Waals surface area (Å²) in [4.78, 5) is 14.8. The van der Waals surface area contributed by atoms with Gasteiger partial charge in [-0.25, -0.2) is 0 Å². The van der Waals surface area contributed by atoms with E-state index >= 15 is 0 Å². The zero-order chi connectivity index (χ0) is 13.8. The Morgan fingerprint density at radius 1 is 1.58 bits per heavy atom. The van der Waals surface area contributed by atoms with Crippen LogP contribution in [-0.2, 0) is 13.5 Å². The number of nitrogens with one attached hydrogen (secondary N) is 1. The minimum Gasteiger partial charge on any atom is -0.334 e. The normalized spacial score (nSPS) is 18.8. The molecule has 2 rings (SSSR count). The minimum atomic E-state index is 0.139. The van der Waals surface area contributed by atoms with Crippen LogP contribution in [0.3, 0.4) is 0 Å². The average molecular weight is 264 g/mol. The van der Waals surface area contributed by atoms with Gasteiger partial charge in [0.05, 0.1) is 11.3 Å². The maximum atomic E-state index is 12.8. The molecule has 0 spiro atoms. The zero-order valence-electron chi connectivity index (χ0n) is 12.1. The highest BCUT2D eigenvalue weighted by Gasteiger charge is 2.28. The number of carbonyl (C=O) groups is 1. The van der Waals surface area contributed by atoms with E-state index in [-0.39, 0.29) is 5.91 Å². The Labute approximate surface area is 115 Å². The zero-order valence-corrected chi connectivity index (χ0v) is 12.1. The number of aryl methyl sites for hydroxylation is 2. The lowest BCUT2D eigenvalue weighted by Crippen LogP contribution is -2.42. The van der Waals surface area contributed by atoms with Gasteiger partial charge in [-0.1, -0.05) is 13.8 Å². The molecule has 1 atom stereocenters. The molecule has 1 aromatic rings. The van der Waals surface area contributed by atoms with Crippen LogP contribution in [-0.4, -0.2) is 46.3 Å². The lowest BCUT2D eigenvalue weighted by atomic mass is 10.1. The summed E-state index contributed by atoms with van der Waals surface area (Å²) in [5.41, 5.74) is 1.67. The first kappa shape index (κ1) is 14.1. The molecule has 1 aliphatic rings. The molecule has 1 unspecified atom stereocenters. The quantitative estimate of drug-likeness (QED) is 0.869. The molecule has 0 aromatic carbocycles. The van der Waals surface area contributed by atoms with Crippen LogP contribution in [0.15, 0.2) is 6.20 Å². The van der Waals surface area contributed by atoms with Gasteiger partial charge < -0.3 is 10.2 Å². The number of hydrogen-bond acceptors (Lipinski definition) is 3. The van der Waals surface area contributed by atoms with E-state index in [2.05, 4.69) is 17.3 Å². The third kappa shape index (κ3) is 2.97. The highest BCUT2D eigenvalue weighted by atomic mass is 16.2. The molecule has 0 saturated carbocycles. The molecule has 106 valence electrons. The molecule has 0 radical (unpaired) electrons. The lowest BCUT2D eigenvalue weighted by Gasteiger charge is -2.28. The van der Waals surface area contributed by atoms with Crippen molar-refractivity contribution in [1.82, 2.24) is 20.0 Å². The smallest absolute Gasteiger partial charge is 0.257 e. The number of aromatic nitrogens is 2. The molecule has 1 amide bonds. The standard InChI is InChI=1S/C14H24N4O/c1-4-8-18(11-6-7-15-9-11)14(19)12-10-17(3)16-13(12)5-2/h10-11,15H,4-9H2,1-3H3. The van der Waals surface area contributed by atoms with Crippen molar-refractivity contribution in [2.45, 2.75) is 39.2 Å². The Bertz CT molecular complexity index is 435. The van der Waals surface area contributed by atoms with Gasteiger partial charge in [0.1, 0.15) is 0 Å². The number of nitrogens with zero attached hydrogens (tertiary/aromatic N) is 3. The van der Waals surface area contributed by atoms with E-state index in [1.807, 2.05) is 25.1 Å². The van der Waals surface area contributed by atoms with Gasteiger partial charge in [0.15, 0.2) is 0 Å². The van der Waals surface area contributed by atoms with Crippen LogP contribution >= 0.6 is 0 Å². The fraction of sp³-hybridized carbons (Fsp3) is 0.714. The second-order valence-corrected chi connectivity index (χ2v) is 5.16. The van der Waals surface area contributed by atoms with Crippen LogP contribution in [0.4, 0.5) is 0 Å². The Morgan fingerprint density at radius 3 is 2.95 bits per heavy atom. The maximum Gasteiger partial charge on any atom is 0.257 e. The predicted molar refractivity (Wildman–Crippen MR) is 75.2 cm³/mol. The molecular weight excluding hydrogens is 240 g/mol. The highest BCUT2D eigenvalue weighted by Crippen LogP contribution is 2.16. The van der Waals surface area contributed by atoms with Gasteiger partial charge in [-0.2, -0.15) is 5.10 Å². The van der Waals surface area contributed by atoms with Crippen LogP contribution in [0.1, 0.15) is 42.7 Å². The Morgan fingerprint density at radius 2 is 2.37 bits per heavy atom. The highest BCUT2D eigenvalue weighted by molar-refractivity contribution is 5.95. The molecule has 1 N–H and O–H groups in total. The summed E-state index contributed by atoms with van der Waals surface area (Å²) in [6.45, 7) is 6.90. The van der Waals surface area contributed by atoms with Gasteiger partial charge in [0, 0.05) is 32.4 Å². The summed E-state index contributed by atoms with van der Waals surface area (Å²) in [6, 6.07) is 0.331. The third-order valence-corrected chi connectivity index (χ3v) is 3.67. The van der Waals surface area contributed by atoms with Gasteiger partial charge in [-0.3, -0.25) is 9.48 Å². The topological polar surface area (TPSA) is 50.2 Å². The lowest BCUT2D eigenvalue weighted by molar-refractivity contribution is 0.0691. The first-order valence-electron chi connectivity index (χ1n) is 7.21. The summed E-state index contributed by atoms with van der Waals surface area (Å²) in [6.07, 6.45) is 4.69. The van der Waals surface area contributed by atoms with Crippen molar-refractivity contribution in [3.8, 4) is 0 Å². The third-order valence-electron chi connectivity index (χ3n) is 3.67. The number of amides is 1. The van der Waals surface area contributed by atoms with E-state index < -0.39 is 0 Å². The molecule has 1 aromatic heterocycles. The van der Waals surface area contributed by atoms with Crippen LogP contribution in [0.5, 0.6) is 0 Å². The molecule has 1 fully saturated rings. The fourth-order valence-electron chi connectivity index (χ4n) is 2.73. The first-order valence-corrected chi connectivity index (χ1v) is 7.21. The van der Waals surface area contributed by atoms with Gasteiger partial charge in [0.25, 0.3) is 5.91 Å². The molecule has 0 aliphatic carbocycles. The van der Waals surface area contributed by atoms with Crippen molar-refractivity contribution in [2.75, 3.05) is 19.6 Å². The van der Waals surface area contributed by atoms with Crippen molar-refractivity contribution in [3.63, 3.8) is 0 Å². The number of hydrogen-bond donors (Lipinski definition) is 1. The molecule has 0 bridgehead atoms. The summed E-state index contributed by atoms with van der Waals surface area (Å²) >= 11 is 0. The molecule has 5 nitrogen and oxygen atoms in total. The molecule has 2 heterocycles. The molecule has 5 heteroatoms. The predicted octanol–water partition coefficient (Wildman–Crippen LogP) is 1.20. The van der Waals surface area contributed by atoms with Crippen LogP contribution < -0.4 is 5.32 Å².